The van der Waals surface area contributed by atoms with Crippen molar-refractivity contribution in [2.24, 2.45) is 0 Å². The van der Waals surface area contributed by atoms with E-state index >= 15 is 0 Å². The maximum Gasteiger partial charge on any atom is 0.0775 e. The summed E-state index contributed by atoms with van der Waals surface area (Å²) in [6.45, 7) is 23.4. The lowest BCUT2D eigenvalue weighted by Crippen LogP contribution is -2.37. The van der Waals surface area contributed by atoms with E-state index in [1.807, 2.05) is 0 Å². The van der Waals surface area contributed by atoms with E-state index in [1.165, 1.54) is 99.1 Å². The summed E-state index contributed by atoms with van der Waals surface area (Å²) in [6, 6.07) is 55.4. The number of nitrogens with zero attached hydrogens (tertiary/aromatic N) is 2. The van der Waals surface area contributed by atoms with E-state index in [2.05, 4.69) is 222 Å². The molecule has 280 valence electrons. The Kier molecular flexibility index (Phi) is 9.55. The Morgan fingerprint density at radius 1 is 0.304 bits per heavy atom. The lowest BCUT2D eigenvalue weighted by Gasteiger charge is -2.31. The van der Waals surface area contributed by atoms with Gasteiger partial charge in [-0.15, -0.1) is 0 Å². The average Bonchev–Trinajstić information content (AvgIpc) is 3.18. The summed E-state index contributed by atoms with van der Waals surface area (Å²) in [5.74, 6) is 0. The van der Waals surface area contributed by atoms with Crippen LogP contribution in [-0.2, 0) is 0 Å². The molecule has 8 aromatic rings. The Labute approximate surface area is 336 Å². The van der Waals surface area contributed by atoms with Gasteiger partial charge in [-0.3, -0.25) is 0 Å². The van der Waals surface area contributed by atoms with E-state index in [9.17, 15) is 0 Å². The molecule has 0 aromatic heterocycles. The first-order valence-corrected chi connectivity index (χ1v) is 27.0. The molecular formula is C52H54N2Si2. The fourth-order valence-corrected chi connectivity index (χ4v) is 10.4. The Hall–Kier alpha value is -5.43. The molecule has 8 aromatic carbocycles. The molecule has 0 N–H and O–H groups in total. The monoisotopic (exact) mass is 762 g/mol. The molecule has 0 unspecified atom stereocenters. The molecule has 0 aliphatic rings. The molecule has 0 heterocycles. The summed E-state index contributed by atoms with van der Waals surface area (Å²) in [6.07, 6.45) is 0. The van der Waals surface area contributed by atoms with Crippen LogP contribution in [0.1, 0.15) is 22.3 Å². The van der Waals surface area contributed by atoms with Gasteiger partial charge in [-0.1, -0.05) is 135 Å². The second-order valence-corrected chi connectivity index (χ2v) is 27.9. The van der Waals surface area contributed by atoms with Crippen molar-refractivity contribution in [3.8, 4) is 0 Å². The van der Waals surface area contributed by atoms with Crippen LogP contribution >= 0.6 is 0 Å². The SMILES string of the molecule is Cc1ccc(N(c2ccc([Si](C)(C)C)cc2)c2cc3c4ccccc4c(N(c4ccc([Si](C)(C)C)cc4)c4ccc(C)c(C)c4)cc3c3ccccc23)cc1C. The minimum Gasteiger partial charge on any atom is -0.310 e. The van der Waals surface area contributed by atoms with Crippen molar-refractivity contribution in [2.75, 3.05) is 9.80 Å². The number of anilines is 6. The van der Waals surface area contributed by atoms with Crippen LogP contribution in [0.25, 0.3) is 32.3 Å². The molecule has 0 amide bonds. The van der Waals surface area contributed by atoms with Gasteiger partial charge < -0.3 is 9.80 Å². The number of fused-ring (bicyclic) bond motifs is 5. The molecule has 0 aliphatic heterocycles. The summed E-state index contributed by atoms with van der Waals surface area (Å²) in [5.41, 5.74) is 12.2. The Morgan fingerprint density at radius 3 is 0.946 bits per heavy atom. The molecule has 0 aliphatic carbocycles. The van der Waals surface area contributed by atoms with Crippen LogP contribution in [0.15, 0.2) is 146 Å². The largest absolute Gasteiger partial charge is 0.310 e. The number of hydrogen-bond acceptors (Lipinski definition) is 2. The molecule has 0 bridgehead atoms. The van der Waals surface area contributed by atoms with Gasteiger partial charge in [0.1, 0.15) is 0 Å². The molecule has 8 rings (SSSR count). The van der Waals surface area contributed by atoms with E-state index in [-0.39, 0.29) is 0 Å². The maximum absolute atomic E-state index is 2.48. The first-order valence-electron chi connectivity index (χ1n) is 20.0. The normalized spacial score (nSPS) is 12.1. The van der Waals surface area contributed by atoms with Crippen LogP contribution in [0.4, 0.5) is 34.1 Å². The van der Waals surface area contributed by atoms with E-state index < -0.39 is 16.1 Å². The molecule has 0 atom stereocenters. The number of aryl methyl sites for hydroxylation is 4. The van der Waals surface area contributed by atoms with Crippen molar-refractivity contribution >= 4 is 93.0 Å². The molecular weight excluding hydrogens is 709 g/mol. The summed E-state index contributed by atoms with van der Waals surface area (Å²) in [5, 5.41) is 10.4. The maximum atomic E-state index is 2.48. The third-order valence-corrected chi connectivity index (χ3v) is 15.9. The zero-order valence-electron chi connectivity index (χ0n) is 34.8. The van der Waals surface area contributed by atoms with Gasteiger partial charge in [0, 0.05) is 33.5 Å². The minimum atomic E-state index is -1.48. The molecule has 0 fully saturated rings. The minimum absolute atomic E-state index is 1.17. The van der Waals surface area contributed by atoms with Gasteiger partial charge >= 0.3 is 0 Å². The lowest BCUT2D eigenvalue weighted by molar-refractivity contribution is 1.26. The van der Waals surface area contributed by atoms with Gasteiger partial charge in [-0.2, -0.15) is 0 Å². The Morgan fingerprint density at radius 2 is 0.625 bits per heavy atom. The van der Waals surface area contributed by atoms with Crippen molar-refractivity contribution in [2.45, 2.75) is 67.0 Å². The number of benzene rings is 8. The van der Waals surface area contributed by atoms with Gasteiger partial charge in [0.2, 0.25) is 0 Å². The fraction of sp³-hybridized carbons (Fsp3) is 0.192. The standard InChI is InChI=1S/C52H54N2Si2/c1-35-19-21-41(31-37(35)3)53(39-23-27-43(28-24-39)55(5,6)7)51-33-49-46-16-12-14-18-48(46)52(34-50(49)45-15-11-13-17-47(45)51)54(42-22-20-36(2)38(4)32-42)40-25-29-44(30-26-40)56(8,9)10/h11-34H,1-10H3. The molecule has 0 saturated carbocycles. The second-order valence-electron chi connectivity index (χ2n) is 17.8. The van der Waals surface area contributed by atoms with Crippen LogP contribution in [0.2, 0.25) is 39.3 Å². The highest BCUT2D eigenvalue weighted by molar-refractivity contribution is 6.89. The van der Waals surface area contributed by atoms with Gasteiger partial charge in [0.05, 0.1) is 27.5 Å². The quantitative estimate of drug-likeness (QED) is 0.112. The van der Waals surface area contributed by atoms with Crippen molar-refractivity contribution in [1.82, 2.24) is 0 Å². The average molecular weight is 763 g/mol. The highest BCUT2D eigenvalue weighted by atomic mass is 28.3. The van der Waals surface area contributed by atoms with E-state index in [0.717, 1.165) is 0 Å². The molecule has 2 nitrogen and oxygen atoms in total. The summed E-state index contributed by atoms with van der Waals surface area (Å²) in [4.78, 5) is 4.96. The zero-order valence-corrected chi connectivity index (χ0v) is 36.8. The summed E-state index contributed by atoms with van der Waals surface area (Å²) >= 11 is 0. The highest BCUT2D eigenvalue weighted by Crippen LogP contribution is 2.47. The third-order valence-electron chi connectivity index (χ3n) is 11.8. The Balaban J connectivity index is 1.43. The van der Waals surface area contributed by atoms with Crippen molar-refractivity contribution < 1.29 is 0 Å². The van der Waals surface area contributed by atoms with Crippen LogP contribution in [0, 0.1) is 27.7 Å². The van der Waals surface area contributed by atoms with Gasteiger partial charge in [-0.25, -0.2) is 0 Å². The molecule has 0 spiro atoms. The van der Waals surface area contributed by atoms with Crippen molar-refractivity contribution in [1.29, 1.82) is 0 Å². The van der Waals surface area contributed by atoms with E-state index in [4.69, 9.17) is 0 Å². The van der Waals surface area contributed by atoms with Gasteiger partial charge in [0.25, 0.3) is 0 Å². The lowest BCUT2D eigenvalue weighted by atomic mass is 9.93. The second kappa shape index (κ2) is 14.3. The molecule has 4 heteroatoms. The molecule has 0 saturated heterocycles. The smallest absolute Gasteiger partial charge is 0.0775 e. The predicted octanol–water partition coefficient (Wildman–Crippen LogP) is 14.4. The molecule has 56 heavy (non-hydrogen) atoms. The highest BCUT2D eigenvalue weighted by Gasteiger charge is 2.24. The van der Waals surface area contributed by atoms with Crippen LogP contribution in [-0.4, -0.2) is 16.1 Å². The topological polar surface area (TPSA) is 6.48 Å². The van der Waals surface area contributed by atoms with E-state index in [0.29, 0.717) is 0 Å². The summed E-state index contributed by atoms with van der Waals surface area (Å²) in [7, 11) is -2.96. The predicted molar refractivity (Wildman–Crippen MR) is 253 cm³/mol. The third kappa shape index (κ3) is 6.86. The van der Waals surface area contributed by atoms with Crippen LogP contribution in [0.5, 0.6) is 0 Å². The van der Waals surface area contributed by atoms with Crippen LogP contribution in [0.3, 0.4) is 0 Å². The van der Waals surface area contributed by atoms with Gasteiger partial charge in [-0.05, 0) is 132 Å². The van der Waals surface area contributed by atoms with E-state index in [1.54, 1.807) is 0 Å². The summed E-state index contributed by atoms with van der Waals surface area (Å²) < 4.78 is 0. The number of hydrogen-bond donors (Lipinski definition) is 0. The number of rotatable bonds is 8. The molecule has 0 radical (unpaired) electrons. The Bertz CT molecular complexity index is 2560. The zero-order chi connectivity index (χ0) is 39.5. The van der Waals surface area contributed by atoms with Crippen molar-refractivity contribution in [3.63, 3.8) is 0 Å². The van der Waals surface area contributed by atoms with Crippen molar-refractivity contribution in [3.05, 3.63) is 168 Å². The first kappa shape index (κ1) is 37.5. The fourth-order valence-electron chi connectivity index (χ4n) is 8.09. The van der Waals surface area contributed by atoms with Crippen LogP contribution < -0.4 is 20.2 Å². The van der Waals surface area contributed by atoms with Gasteiger partial charge in [0.15, 0.2) is 0 Å². The first-order chi connectivity index (χ1) is 26.7.